The molecule has 1 aromatic rings. The van der Waals surface area contributed by atoms with Gasteiger partial charge in [0.25, 0.3) is 0 Å². The lowest BCUT2D eigenvalue weighted by Crippen LogP contribution is -2.36. The molecule has 2 unspecified atom stereocenters. The van der Waals surface area contributed by atoms with Crippen LogP contribution in [0.1, 0.15) is 37.4 Å². The van der Waals surface area contributed by atoms with E-state index >= 15 is 0 Å². The number of benzene rings is 1. The largest absolute Gasteiger partial charge is 0.377 e. The Kier molecular flexibility index (Phi) is 5.37. The molecule has 2 N–H and O–H groups in total. The van der Waals surface area contributed by atoms with Crippen molar-refractivity contribution >= 4 is 0 Å². The van der Waals surface area contributed by atoms with E-state index in [-0.39, 0.29) is 6.04 Å². The Balaban J connectivity index is 1.93. The molecule has 0 aromatic heterocycles. The van der Waals surface area contributed by atoms with Crippen LogP contribution in [-0.4, -0.2) is 37.2 Å². The van der Waals surface area contributed by atoms with Gasteiger partial charge < -0.3 is 10.5 Å². The highest BCUT2D eigenvalue weighted by atomic mass is 16.5. The van der Waals surface area contributed by atoms with Crippen LogP contribution in [0.15, 0.2) is 24.3 Å². The van der Waals surface area contributed by atoms with Gasteiger partial charge >= 0.3 is 0 Å². The van der Waals surface area contributed by atoms with E-state index in [2.05, 4.69) is 43.0 Å². The summed E-state index contributed by atoms with van der Waals surface area (Å²) in [7, 11) is 0. The summed E-state index contributed by atoms with van der Waals surface area (Å²) < 4.78 is 5.67. The van der Waals surface area contributed by atoms with Crippen molar-refractivity contribution in [2.75, 3.05) is 26.2 Å². The van der Waals surface area contributed by atoms with Gasteiger partial charge in [-0.3, -0.25) is 4.90 Å². The fourth-order valence-corrected chi connectivity index (χ4v) is 2.63. The van der Waals surface area contributed by atoms with E-state index in [1.54, 1.807) is 0 Å². The van der Waals surface area contributed by atoms with Crippen molar-refractivity contribution in [2.45, 2.75) is 38.8 Å². The molecule has 0 bridgehead atoms. The van der Waals surface area contributed by atoms with E-state index in [0.717, 1.165) is 39.1 Å². The van der Waals surface area contributed by atoms with Gasteiger partial charge in [-0.05, 0) is 30.9 Å². The lowest BCUT2D eigenvalue weighted by Gasteiger charge is -2.25. The minimum Gasteiger partial charge on any atom is -0.377 e. The van der Waals surface area contributed by atoms with Crippen LogP contribution in [0.5, 0.6) is 0 Å². The normalized spacial score (nSPS) is 23.0. The van der Waals surface area contributed by atoms with Gasteiger partial charge in [-0.25, -0.2) is 0 Å². The molecule has 1 saturated heterocycles. The predicted molar refractivity (Wildman–Crippen MR) is 79.2 cm³/mol. The number of ether oxygens (including phenoxy) is 1. The summed E-state index contributed by atoms with van der Waals surface area (Å²) in [5, 5.41) is 0. The van der Waals surface area contributed by atoms with E-state index in [0.29, 0.717) is 6.10 Å². The zero-order valence-electron chi connectivity index (χ0n) is 12.1. The van der Waals surface area contributed by atoms with Crippen LogP contribution in [0.2, 0.25) is 0 Å². The zero-order chi connectivity index (χ0) is 13.7. The van der Waals surface area contributed by atoms with Crippen LogP contribution >= 0.6 is 0 Å². The zero-order valence-corrected chi connectivity index (χ0v) is 12.1. The van der Waals surface area contributed by atoms with Crippen molar-refractivity contribution in [1.82, 2.24) is 4.90 Å². The van der Waals surface area contributed by atoms with Gasteiger partial charge in [0.15, 0.2) is 0 Å². The molecule has 0 aliphatic carbocycles. The molecule has 1 aromatic carbocycles. The number of aryl methyl sites for hydroxylation is 1. The number of nitrogens with two attached hydrogens (primary N) is 1. The van der Waals surface area contributed by atoms with E-state index < -0.39 is 0 Å². The van der Waals surface area contributed by atoms with Crippen molar-refractivity contribution in [3.8, 4) is 0 Å². The summed E-state index contributed by atoms with van der Waals surface area (Å²) in [6.07, 6.45) is 2.50. The molecule has 19 heavy (non-hydrogen) atoms. The van der Waals surface area contributed by atoms with Gasteiger partial charge in [-0.2, -0.15) is 0 Å². The molecule has 2 rings (SSSR count). The summed E-state index contributed by atoms with van der Waals surface area (Å²) in [6.45, 7) is 8.18. The molecule has 0 amide bonds. The van der Waals surface area contributed by atoms with Crippen LogP contribution in [0.25, 0.3) is 0 Å². The maximum Gasteiger partial charge on any atom is 0.0673 e. The lowest BCUT2D eigenvalue weighted by molar-refractivity contribution is 0.0670. The standard InChI is InChI=1S/C16H26N2O/c1-3-14-5-7-15(8-6-14)16(17)12-18-9-4-10-19-13(2)11-18/h5-8,13,16H,3-4,9-12,17H2,1-2H3. The van der Waals surface area contributed by atoms with Gasteiger partial charge in [0, 0.05) is 32.3 Å². The quantitative estimate of drug-likeness (QED) is 0.905. The molecule has 1 fully saturated rings. The highest BCUT2D eigenvalue weighted by Gasteiger charge is 2.17. The fraction of sp³-hybridized carbons (Fsp3) is 0.625. The number of nitrogens with zero attached hydrogens (tertiary/aromatic N) is 1. The smallest absolute Gasteiger partial charge is 0.0673 e. The first-order valence-electron chi connectivity index (χ1n) is 7.37. The maximum absolute atomic E-state index is 6.33. The fourth-order valence-electron chi connectivity index (χ4n) is 2.63. The first-order valence-corrected chi connectivity index (χ1v) is 7.37. The molecule has 106 valence electrons. The molecule has 0 spiro atoms. The Morgan fingerprint density at radius 1 is 1.37 bits per heavy atom. The summed E-state index contributed by atoms with van der Waals surface area (Å²) in [5.41, 5.74) is 8.93. The van der Waals surface area contributed by atoms with E-state index in [1.807, 2.05) is 0 Å². The monoisotopic (exact) mass is 262 g/mol. The van der Waals surface area contributed by atoms with E-state index in [4.69, 9.17) is 10.5 Å². The van der Waals surface area contributed by atoms with Crippen LogP contribution < -0.4 is 5.73 Å². The Hall–Kier alpha value is -0.900. The average Bonchev–Trinajstić information content (AvgIpc) is 2.63. The summed E-state index contributed by atoms with van der Waals surface area (Å²) in [6, 6.07) is 8.80. The van der Waals surface area contributed by atoms with E-state index in [1.165, 1.54) is 11.1 Å². The predicted octanol–water partition coefficient (Wildman–Crippen LogP) is 2.36. The lowest BCUT2D eigenvalue weighted by atomic mass is 10.0. The molecule has 2 atom stereocenters. The highest BCUT2D eigenvalue weighted by molar-refractivity contribution is 5.25. The number of hydrogen-bond donors (Lipinski definition) is 1. The summed E-state index contributed by atoms with van der Waals surface area (Å²) in [4.78, 5) is 2.43. The second-order valence-corrected chi connectivity index (χ2v) is 5.50. The summed E-state index contributed by atoms with van der Waals surface area (Å²) in [5.74, 6) is 0. The molecule has 3 nitrogen and oxygen atoms in total. The third kappa shape index (κ3) is 4.30. The average molecular weight is 262 g/mol. The first-order chi connectivity index (χ1) is 9.19. The third-order valence-electron chi connectivity index (χ3n) is 3.81. The minimum atomic E-state index is 0.0937. The topological polar surface area (TPSA) is 38.5 Å². The van der Waals surface area contributed by atoms with Crippen LogP contribution in [-0.2, 0) is 11.2 Å². The molecule has 0 radical (unpaired) electrons. The van der Waals surface area contributed by atoms with Gasteiger partial charge in [-0.15, -0.1) is 0 Å². The van der Waals surface area contributed by atoms with Gasteiger partial charge in [0.2, 0.25) is 0 Å². The Morgan fingerprint density at radius 3 is 2.79 bits per heavy atom. The SMILES string of the molecule is CCc1ccc(C(N)CN2CCCOC(C)C2)cc1. The van der Waals surface area contributed by atoms with Gasteiger partial charge in [-0.1, -0.05) is 31.2 Å². The molecular formula is C16H26N2O. The van der Waals surface area contributed by atoms with E-state index in [9.17, 15) is 0 Å². The molecule has 3 heteroatoms. The second kappa shape index (κ2) is 7.04. The van der Waals surface area contributed by atoms with Crippen LogP contribution in [0.3, 0.4) is 0 Å². The third-order valence-corrected chi connectivity index (χ3v) is 3.81. The first kappa shape index (κ1) is 14.5. The molecule has 1 heterocycles. The maximum atomic E-state index is 6.33. The Labute approximate surface area is 116 Å². The van der Waals surface area contributed by atoms with Crippen molar-refractivity contribution in [3.63, 3.8) is 0 Å². The summed E-state index contributed by atoms with van der Waals surface area (Å²) >= 11 is 0. The van der Waals surface area contributed by atoms with Gasteiger partial charge in [0.05, 0.1) is 6.10 Å². The van der Waals surface area contributed by atoms with Gasteiger partial charge in [0.1, 0.15) is 0 Å². The van der Waals surface area contributed by atoms with Crippen molar-refractivity contribution in [1.29, 1.82) is 0 Å². The molecular weight excluding hydrogens is 236 g/mol. The van der Waals surface area contributed by atoms with Crippen molar-refractivity contribution in [2.24, 2.45) is 5.73 Å². The van der Waals surface area contributed by atoms with Crippen molar-refractivity contribution in [3.05, 3.63) is 35.4 Å². The van der Waals surface area contributed by atoms with Crippen molar-refractivity contribution < 1.29 is 4.74 Å². The second-order valence-electron chi connectivity index (χ2n) is 5.50. The highest BCUT2D eigenvalue weighted by Crippen LogP contribution is 2.15. The van der Waals surface area contributed by atoms with Crippen LogP contribution in [0.4, 0.5) is 0 Å². The Bertz CT molecular complexity index is 377. The van der Waals surface area contributed by atoms with Crippen LogP contribution in [0, 0.1) is 0 Å². The Morgan fingerprint density at radius 2 is 2.11 bits per heavy atom. The molecule has 1 aliphatic heterocycles. The minimum absolute atomic E-state index is 0.0937. The number of hydrogen-bond acceptors (Lipinski definition) is 3. The molecule has 0 saturated carbocycles. The number of rotatable bonds is 4. The molecule has 1 aliphatic rings.